The van der Waals surface area contributed by atoms with Gasteiger partial charge in [-0.3, -0.25) is 9.48 Å². The van der Waals surface area contributed by atoms with Gasteiger partial charge in [0.1, 0.15) is 0 Å². The first-order chi connectivity index (χ1) is 14.1. The highest BCUT2D eigenvalue weighted by atomic mass is 16.1. The number of nitriles is 1. The molecule has 2 heterocycles. The first-order valence-electron chi connectivity index (χ1n) is 9.85. The summed E-state index contributed by atoms with van der Waals surface area (Å²) < 4.78 is 3.70. The van der Waals surface area contributed by atoms with Gasteiger partial charge in [0.25, 0.3) is 0 Å². The fraction of sp³-hybridized carbons (Fsp3) is 0.364. The lowest BCUT2D eigenvalue weighted by atomic mass is 10.1. The Balaban J connectivity index is 1.45. The van der Waals surface area contributed by atoms with E-state index in [4.69, 9.17) is 5.26 Å². The van der Waals surface area contributed by atoms with Crippen LogP contribution in [0.4, 0.5) is 0 Å². The van der Waals surface area contributed by atoms with Gasteiger partial charge in [-0.15, -0.1) is 0 Å². The summed E-state index contributed by atoms with van der Waals surface area (Å²) in [5.41, 5.74) is 5.03. The molecule has 0 radical (unpaired) electrons. The fourth-order valence-corrected chi connectivity index (χ4v) is 3.35. The maximum absolute atomic E-state index is 12.2. The number of para-hydroxylation sites is 1. The summed E-state index contributed by atoms with van der Waals surface area (Å²) in [6.07, 6.45) is 4.13. The van der Waals surface area contributed by atoms with Crippen LogP contribution in [0.25, 0.3) is 5.69 Å². The molecule has 0 fully saturated rings. The van der Waals surface area contributed by atoms with E-state index in [0.717, 1.165) is 28.3 Å². The number of aryl methyl sites for hydroxylation is 2. The first-order valence-corrected chi connectivity index (χ1v) is 9.85. The lowest BCUT2D eigenvalue weighted by Crippen LogP contribution is -2.26. The average Bonchev–Trinajstić information content (AvgIpc) is 3.30. The third-order valence-corrected chi connectivity index (χ3v) is 4.94. The van der Waals surface area contributed by atoms with Crippen LogP contribution in [-0.2, 0) is 24.2 Å². The molecule has 0 saturated carbocycles. The molecular formula is C22H26N6O. The summed E-state index contributed by atoms with van der Waals surface area (Å²) in [5, 5.41) is 20.7. The number of nitrogens with one attached hydrogen (secondary N) is 1. The van der Waals surface area contributed by atoms with Crippen LogP contribution in [0.2, 0.25) is 0 Å². The van der Waals surface area contributed by atoms with Gasteiger partial charge in [0.15, 0.2) is 0 Å². The third kappa shape index (κ3) is 5.32. The van der Waals surface area contributed by atoms with Crippen LogP contribution in [0.1, 0.15) is 35.5 Å². The zero-order valence-electron chi connectivity index (χ0n) is 16.9. The molecule has 0 spiro atoms. The molecule has 0 unspecified atom stereocenters. The van der Waals surface area contributed by atoms with E-state index in [-0.39, 0.29) is 5.91 Å². The molecule has 1 aromatic carbocycles. The lowest BCUT2D eigenvalue weighted by Gasteiger charge is -2.06. The largest absolute Gasteiger partial charge is 0.356 e. The predicted octanol–water partition coefficient (Wildman–Crippen LogP) is 2.89. The molecule has 3 aromatic rings. The number of hydrogen-bond acceptors (Lipinski definition) is 4. The van der Waals surface area contributed by atoms with Crippen molar-refractivity contribution in [2.24, 2.45) is 0 Å². The number of nitrogens with zero attached hydrogens (tertiary/aromatic N) is 5. The van der Waals surface area contributed by atoms with Crippen LogP contribution in [0.15, 0.2) is 42.6 Å². The number of carbonyl (C=O) groups is 1. The van der Waals surface area contributed by atoms with Gasteiger partial charge in [-0.25, -0.2) is 4.68 Å². The molecule has 0 atom stereocenters. The number of hydrogen-bond donors (Lipinski definition) is 1. The van der Waals surface area contributed by atoms with Crippen LogP contribution in [0, 0.1) is 25.2 Å². The lowest BCUT2D eigenvalue weighted by molar-refractivity contribution is -0.121. The van der Waals surface area contributed by atoms with Crippen molar-refractivity contribution < 1.29 is 4.79 Å². The van der Waals surface area contributed by atoms with Gasteiger partial charge in [-0.05, 0) is 44.0 Å². The van der Waals surface area contributed by atoms with E-state index < -0.39 is 0 Å². The maximum atomic E-state index is 12.2. The monoisotopic (exact) mass is 390 g/mol. The van der Waals surface area contributed by atoms with E-state index in [9.17, 15) is 4.79 Å². The summed E-state index contributed by atoms with van der Waals surface area (Å²) in [6.45, 7) is 5.09. The molecule has 3 rings (SSSR count). The van der Waals surface area contributed by atoms with E-state index in [1.165, 1.54) is 0 Å². The molecule has 7 nitrogen and oxygen atoms in total. The van der Waals surface area contributed by atoms with Crippen molar-refractivity contribution in [3.8, 4) is 11.8 Å². The fourth-order valence-electron chi connectivity index (χ4n) is 3.35. The highest BCUT2D eigenvalue weighted by Gasteiger charge is 2.13. The highest BCUT2D eigenvalue weighted by molar-refractivity contribution is 5.76. The minimum absolute atomic E-state index is 0.0241. The van der Waals surface area contributed by atoms with Gasteiger partial charge in [0, 0.05) is 31.3 Å². The normalized spacial score (nSPS) is 10.7. The summed E-state index contributed by atoms with van der Waals surface area (Å²) in [6, 6.07) is 14.1. The second-order valence-corrected chi connectivity index (χ2v) is 6.97. The van der Waals surface area contributed by atoms with Crippen molar-refractivity contribution in [1.29, 1.82) is 5.26 Å². The van der Waals surface area contributed by atoms with Crippen molar-refractivity contribution >= 4 is 5.91 Å². The third-order valence-electron chi connectivity index (χ3n) is 4.94. The Kier molecular flexibility index (Phi) is 6.80. The molecule has 7 heteroatoms. The van der Waals surface area contributed by atoms with Crippen molar-refractivity contribution in [3.05, 3.63) is 65.2 Å². The van der Waals surface area contributed by atoms with Crippen molar-refractivity contribution in [3.63, 3.8) is 0 Å². The summed E-state index contributed by atoms with van der Waals surface area (Å²) in [4.78, 5) is 12.2. The van der Waals surface area contributed by atoms with Gasteiger partial charge in [-0.1, -0.05) is 18.2 Å². The van der Waals surface area contributed by atoms with E-state index in [1.54, 1.807) is 0 Å². The second-order valence-electron chi connectivity index (χ2n) is 6.97. The van der Waals surface area contributed by atoms with Crippen LogP contribution >= 0.6 is 0 Å². The molecule has 0 aliphatic rings. The quantitative estimate of drug-likeness (QED) is 0.608. The van der Waals surface area contributed by atoms with Gasteiger partial charge in [-0.2, -0.15) is 15.5 Å². The zero-order valence-corrected chi connectivity index (χ0v) is 16.9. The van der Waals surface area contributed by atoms with Crippen LogP contribution in [0.5, 0.6) is 0 Å². The standard InChI is InChI=1S/C22H26N6O/c1-17-21(18(2)27(25-17)15-6-13-23)9-10-22(29)24-14-11-19-12-16-28(26-19)20-7-4-3-5-8-20/h3-5,7-8,12,16H,6,9-11,14-15H2,1-2H3,(H,24,29). The molecule has 0 bridgehead atoms. The number of carbonyl (C=O) groups excluding carboxylic acids is 1. The Labute approximate surface area is 171 Å². The summed E-state index contributed by atoms with van der Waals surface area (Å²) >= 11 is 0. The summed E-state index contributed by atoms with van der Waals surface area (Å²) in [5.74, 6) is 0.0241. The molecule has 29 heavy (non-hydrogen) atoms. The maximum Gasteiger partial charge on any atom is 0.220 e. The Hall–Kier alpha value is -3.40. The van der Waals surface area contributed by atoms with E-state index in [1.807, 2.05) is 65.8 Å². The molecule has 1 N–H and O–H groups in total. The van der Waals surface area contributed by atoms with E-state index in [2.05, 4.69) is 21.6 Å². The highest BCUT2D eigenvalue weighted by Crippen LogP contribution is 2.15. The minimum atomic E-state index is 0.0241. The first kappa shape index (κ1) is 20.3. The van der Waals surface area contributed by atoms with Crippen molar-refractivity contribution in [2.45, 2.75) is 46.1 Å². The zero-order chi connectivity index (χ0) is 20.6. The Morgan fingerprint density at radius 3 is 2.69 bits per heavy atom. The Bertz CT molecular complexity index is 996. The number of rotatable bonds is 9. The van der Waals surface area contributed by atoms with Crippen molar-refractivity contribution in [2.75, 3.05) is 6.54 Å². The van der Waals surface area contributed by atoms with Crippen LogP contribution in [-0.4, -0.2) is 32.0 Å². The molecule has 0 saturated heterocycles. The topological polar surface area (TPSA) is 88.5 Å². The SMILES string of the molecule is Cc1nn(CCC#N)c(C)c1CCC(=O)NCCc1ccn(-c2ccccc2)n1. The molecule has 2 aromatic heterocycles. The van der Waals surface area contributed by atoms with Gasteiger partial charge in [0.2, 0.25) is 5.91 Å². The molecule has 0 aliphatic carbocycles. The molecule has 150 valence electrons. The number of benzene rings is 1. The minimum Gasteiger partial charge on any atom is -0.356 e. The van der Waals surface area contributed by atoms with Crippen LogP contribution < -0.4 is 5.32 Å². The van der Waals surface area contributed by atoms with Crippen molar-refractivity contribution in [1.82, 2.24) is 24.9 Å². The van der Waals surface area contributed by atoms with E-state index >= 15 is 0 Å². The molecule has 1 amide bonds. The van der Waals surface area contributed by atoms with Crippen LogP contribution in [0.3, 0.4) is 0 Å². The van der Waals surface area contributed by atoms with Gasteiger partial charge >= 0.3 is 0 Å². The smallest absolute Gasteiger partial charge is 0.220 e. The Morgan fingerprint density at radius 2 is 1.93 bits per heavy atom. The molecular weight excluding hydrogens is 364 g/mol. The van der Waals surface area contributed by atoms with Gasteiger partial charge < -0.3 is 5.32 Å². The molecule has 0 aliphatic heterocycles. The predicted molar refractivity (Wildman–Crippen MR) is 111 cm³/mol. The summed E-state index contributed by atoms with van der Waals surface area (Å²) in [7, 11) is 0. The number of amides is 1. The second kappa shape index (κ2) is 9.69. The number of aromatic nitrogens is 4. The van der Waals surface area contributed by atoms with E-state index in [0.29, 0.717) is 38.8 Å². The average molecular weight is 390 g/mol. The Morgan fingerprint density at radius 1 is 1.14 bits per heavy atom. The van der Waals surface area contributed by atoms with Gasteiger partial charge in [0.05, 0.1) is 36.1 Å².